The third kappa shape index (κ3) is 1.98. The summed E-state index contributed by atoms with van der Waals surface area (Å²) in [6.45, 7) is 5.35. The average molecular weight is 261 g/mol. The van der Waals surface area contributed by atoms with Crippen molar-refractivity contribution in [1.82, 2.24) is 0 Å². The Morgan fingerprint density at radius 2 is 2.00 bits per heavy atom. The van der Waals surface area contributed by atoms with Gasteiger partial charge in [0.25, 0.3) is 0 Å². The van der Waals surface area contributed by atoms with Crippen LogP contribution in [0.3, 0.4) is 0 Å². The molecule has 0 aliphatic heterocycles. The lowest BCUT2D eigenvalue weighted by molar-refractivity contribution is 0.00504. The number of rotatable bonds is 2. The third-order valence-corrected chi connectivity index (χ3v) is 3.25. The van der Waals surface area contributed by atoms with Crippen molar-refractivity contribution in [1.29, 1.82) is 0 Å². The molecule has 1 nitrogen and oxygen atoms in total. The largest absolute Gasteiger partial charge is 0.385 e. The molecule has 0 bridgehead atoms. The Balaban J connectivity index is 3.31. The van der Waals surface area contributed by atoms with Gasteiger partial charge in [0.1, 0.15) is 5.82 Å². The monoisotopic (exact) mass is 260 g/mol. The molecule has 14 heavy (non-hydrogen) atoms. The van der Waals surface area contributed by atoms with Crippen LogP contribution < -0.4 is 0 Å². The summed E-state index contributed by atoms with van der Waals surface area (Å²) in [6.07, 6.45) is 0. The maximum Gasteiger partial charge on any atom is 0.130 e. The van der Waals surface area contributed by atoms with Crippen molar-refractivity contribution >= 4 is 15.9 Å². The highest BCUT2D eigenvalue weighted by Gasteiger charge is 2.32. The van der Waals surface area contributed by atoms with Crippen LogP contribution >= 0.6 is 15.9 Å². The van der Waals surface area contributed by atoms with Crippen LogP contribution in [0.15, 0.2) is 22.7 Å². The first-order chi connectivity index (χ1) is 6.37. The summed E-state index contributed by atoms with van der Waals surface area (Å²) < 4.78 is 14.1. The highest BCUT2D eigenvalue weighted by molar-refractivity contribution is 9.10. The zero-order chi connectivity index (χ0) is 10.9. The van der Waals surface area contributed by atoms with Crippen LogP contribution in [0.5, 0.6) is 0 Å². The third-order valence-electron chi connectivity index (χ3n) is 2.59. The molecule has 0 aliphatic rings. The van der Waals surface area contributed by atoms with E-state index < -0.39 is 5.60 Å². The molecule has 1 atom stereocenters. The fourth-order valence-corrected chi connectivity index (χ4v) is 2.01. The number of aliphatic hydroxyl groups is 1. The topological polar surface area (TPSA) is 20.2 Å². The van der Waals surface area contributed by atoms with Gasteiger partial charge in [0.2, 0.25) is 0 Å². The van der Waals surface area contributed by atoms with Gasteiger partial charge in [-0.1, -0.05) is 35.8 Å². The maximum atomic E-state index is 13.5. The summed E-state index contributed by atoms with van der Waals surface area (Å²) in [6, 6.07) is 4.70. The van der Waals surface area contributed by atoms with Gasteiger partial charge in [0.15, 0.2) is 0 Å². The fourth-order valence-electron chi connectivity index (χ4n) is 1.27. The molecule has 1 aromatic carbocycles. The minimum Gasteiger partial charge on any atom is -0.385 e. The molecule has 3 heteroatoms. The Bertz CT molecular complexity index is 314. The van der Waals surface area contributed by atoms with Crippen molar-refractivity contribution in [3.05, 3.63) is 34.1 Å². The van der Waals surface area contributed by atoms with E-state index in [4.69, 9.17) is 0 Å². The van der Waals surface area contributed by atoms with Crippen molar-refractivity contribution in [2.24, 2.45) is 5.92 Å². The van der Waals surface area contributed by atoms with E-state index in [2.05, 4.69) is 15.9 Å². The van der Waals surface area contributed by atoms with Crippen LogP contribution in [-0.2, 0) is 5.60 Å². The van der Waals surface area contributed by atoms with E-state index in [0.717, 1.165) is 0 Å². The molecule has 1 N–H and O–H groups in total. The van der Waals surface area contributed by atoms with Crippen molar-refractivity contribution in [2.75, 3.05) is 0 Å². The Morgan fingerprint density at radius 3 is 2.43 bits per heavy atom. The molecule has 0 saturated carbocycles. The number of hydrogen-bond acceptors (Lipinski definition) is 1. The van der Waals surface area contributed by atoms with Gasteiger partial charge in [-0.05, 0) is 25.0 Å². The molecular formula is C11H14BrFO. The molecule has 0 saturated heterocycles. The summed E-state index contributed by atoms with van der Waals surface area (Å²) in [5.74, 6) is -0.422. The van der Waals surface area contributed by atoms with Gasteiger partial charge in [-0.15, -0.1) is 0 Å². The van der Waals surface area contributed by atoms with Gasteiger partial charge in [-0.3, -0.25) is 0 Å². The van der Waals surface area contributed by atoms with Crippen LogP contribution in [0.4, 0.5) is 4.39 Å². The van der Waals surface area contributed by atoms with E-state index in [1.165, 1.54) is 6.07 Å². The summed E-state index contributed by atoms with van der Waals surface area (Å²) in [5, 5.41) is 10.2. The van der Waals surface area contributed by atoms with Gasteiger partial charge in [-0.2, -0.15) is 0 Å². The Morgan fingerprint density at radius 1 is 1.43 bits per heavy atom. The standard InChI is InChI=1S/C11H14BrFO/c1-7(2)11(3,14)10-8(12)5-4-6-9(10)13/h4-7,14H,1-3H3. The lowest BCUT2D eigenvalue weighted by Gasteiger charge is -2.29. The Kier molecular flexibility index (Phi) is 3.32. The molecule has 0 aliphatic carbocycles. The molecule has 0 aromatic heterocycles. The van der Waals surface area contributed by atoms with Crippen LogP contribution in [0.1, 0.15) is 26.3 Å². The van der Waals surface area contributed by atoms with Gasteiger partial charge in [0.05, 0.1) is 5.60 Å². The SMILES string of the molecule is CC(C)C(C)(O)c1c(F)cccc1Br. The second-order valence-corrected chi connectivity index (χ2v) is 4.75. The van der Waals surface area contributed by atoms with Crippen LogP contribution in [0.25, 0.3) is 0 Å². The minimum absolute atomic E-state index is 0.0456. The normalized spacial score (nSPS) is 15.6. The molecular weight excluding hydrogens is 247 g/mol. The summed E-state index contributed by atoms with van der Waals surface area (Å²) in [5.41, 5.74) is -0.820. The Hall–Kier alpha value is -0.410. The van der Waals surface area contributed by atoms with E-state index in [9.17, 15) is 9.50 Å². The number of halogens is 2. The Labute approximate surface area is 92.1 Å². The smallest absolute Gasteiger partial charge is 0.130 e. The van der Waals surface area contributed by atoms with Crippen molar-refractivity contribution in [3.8, 4) is 0 Å². The van der Waals surface area contributed by atoms with Crippen molar-refractivity contribution < 1.29 is 9.50 Å². The molecule has 0 fully saturated rings. The zero-order valence-corrected chi connectivity index (χ0v) is 10.1. The van der Waals surface area contributed by atoms with Crippen LogP contribution in [-0.4, -0.2) is 5.11 Å². The lowest BCUT2D eigenvalue weighted by Crippen LogP contribution is -2.29. The quantitative estimate of drug-likeness (QED) is 0.864. The minimum atomic E-state index is -1.15. The summed E-state index contributed by atoms with van der Waals surface area (Å²) in [7, 11) is 0. The predicted molar refractivity (Wildman–Crippen MR) is 58.5 cm³/mol. The van der Waals surface area contributed by atoms with Gasteiger partial charge in [-0.25, -0.2) is 4.39 Å². The second kappa shape index (κ2) is 3.99. The highest BCUT2D eigenvalue weighted by atomic mass is 79.9. The predicted octanol–water partition coefficient (Wildman–Crippen LogP) is 3.45. The van der Waals surface area contributed by atoms with Crippen molar-refractivity contribution in [3.63, 3.8) is 0 Å². The van der Waals surface area contributed by atoms with E-state index >= 15 is 0 Å². The second-order valence-electron chi connectivity index (χ2n) is 3.90. The van der Waals surface area contributed by atoms with E-state index in [1.54, 1.807) is 19.1 Å². The highest BCUT2D eigenvalue weighted by Crippen LogP contribution is 2.35. The molecule has 0 radical (unpaired) electrons. The molecule has 0 amide bonds. The molecule has 1 rings (SSSR count). The zero-order valence-electron chi connectivity index (χ0n) is 8.51. The average Bonchev–Trinajstić information content (AvgIpc) is 2.02. The fraction of sp³-hybridized carbons (Fsp3) is 0.455. The van der Waals surface area contributed by atoms with E-state index in [1.807, 2.05) is 13.8 Å². The molecule has 0 heterocycles. The maximum absolute atomic E-state index is 13.5. The first-order valence-electron chi connectivity index (χ1n) is 4.54. The van der Waals surface area contributed by atoms with Gasteiger partial charge >= 0.3 is 0 Å². The van der Waals surface area contributed by atoms with Crippen LogP contribution in [0.2, 0.25) is 0 Å². The number of benzene rings is 1. The van der Waals surface area contributed by atoms with Crippen molar-refractivity contribution in [2.45, 2.75) is 26.4 Å². The van der Waals surface area contributed by atoms with Gasteiger partial charge < -0.3 is 5.11 Å². The molecule has 0 spiro atoms. The summed E-state index contributed by atoms with van der Waals surface area (Å²) in [4.78, 5) is 0. The van der Waals surface area contributed by atoms with E-state index in [-0.39, 0.29) is 11.7 Å². The molecule has 78 valence electrons. The number of hydrogen-bond donors (Lipinski definition) is 1. The first-order valence-corrected chi connectivity index (χ1v) is 5.33. The first kappa shape index (κ1) is 11.7. The summed E-state index contributed by atoms with van der Waals surface area (Å²) >= 11 is 3.25. The van der Waals surface area contributed by atoms with Crippen LogP contribution in [0, 0.1) is 11.7 Å². The lowest BCUT2D eigenvalue weighted by atomic mass is 9.85. The molecule has 1 aromatic rings. The molecule has 1 unspecified atom stereocenters. The van der Waals surface area contributed by atoms with Gasteiger partial charge in [0, 0.05) is 10.0 Å². The van der Waals surface area contributed by atoms with E-state index in [0.29, 0.717) is 10.0 Å².